The molecule has 2 aromatic rings. The lowest BCUT2D eigenvalue weighted by Crippen LogP contribution is -2.34. The van der Waals surface area contributed by atoms with Crippen molar-refractivity contribution in [3.05, 3.63) is 54.1 Å². The molecule has 2 heterocycles. The first-order valence-corrected chi connectivity index (χ1v) is 8.64. The summed E-state index contributed by atoms with van der Waals surface area (Å²) in [7, 11) is 0. The zero-order valence-corrected chi connectivity index (χ0v) is 14.3. The summed E-state index contributed by atoms with van der Waals surface area (Å²) in [6.45, 7) is 0. The average Bonchev–Trinajstić information content (AvgIpc) is 2.70. The van der Waals surface area contributed by atoms with E-state index in [4.69, 9.17) is 4.74 Å². The van der Waals surface area contributed by atoms with Crippen molar-refractivity contribution < 1.29 is 14.3 Å². The Balaban J connectivity index is 1.83. The lowest BCUT2D eigenvalue weighted by atomic mass is 9.97. The van der Waals surface area contributed by atoms with Gasteiger partial charge in [0, 0.05) is 24.8 Å². The van der Waals surface area contributed by atoms with Crippen LogP contribution in [-0.4, -0.2) is 37.5 Å². The van der Waals surface area contributed by atoms with E-state index in [1.807, 2.05) is 0 Å². The van der Waals surface area contributed by atoms with Crippen LogP contribution in [0.15, 0.2) is 43.0 Å². The number of hydrogen-bond acceptors (Lipinski definition) is 6. The molecule has 1 fully saturated rings. The van der Waals surface area contributed by atoms with Crippen molar-refractivity contribution >= 4 is 17.6 Å². The van der Waals surface area contributed by atoms with Gasteiger partial charge in [0.1, 0.15) is 6.10 Å². The third kappa shape index (κ3) is 4.49. The summed E-state index contributed by atoms with van der Waals surface area (Å²) in [5.41, 5.74) is 10.1. The fraction of sp³-hybridized carbons (Fsp3) is 0.389. The normalized spacial score (nSPS) is 15.5. The van der Waals surface area contributed by atoms with Crippen molar-refractivity contribution in [2.75, 3.05) is 5.32 Å². The van der Waals surface area contributed by atoms with Crippen LogP contribution >= 0.6 is 0 Å². The van der Waals surface area contributed by atoms with E-state index in [0.717, 1.165) is 32.1 Å². The fourth-order valence-electron chi connectivity index (χ4n) is 2.98. The molecule has 3 rings (SSSR count). The Morgan fingerprint density at radius 2 is 1.85 bits per heavy atom. The van der Waals surface area contributed by atoms with Crippen molar-refractivity contribution in [3.8, 4) is 0 Å². The van der Waals surface area contributed by atoms with Crippen LogP contribution in [0, 0.1) is 0 Å². The van der Waals surface area contributed by atoms with Gasteiger partial charge in [0.15, 0.2) is 6.04 Å². The van der Waals surface area contributed by atoms with Gasteiger partial charge in [-0.05, 0) is 49.4 Å². The standard InChI is InChI=1S/C18H20N6O2/c19-24-16(17(25)26-14-5-2-1-3-6-14)15(13-7-11-20-12-8-13)23-18-21-9-4-10-22-18/h4,7-12,14-15H,1-3,5-6H2,(H,21,22,23). The third-order valence-corrected chi connectivity index (χ3v) is 4.29. The molecule has 1 aliphatic rings. The molecule has 0 spiro atoms. The molecule has 8 nitrogen and oxygen atoms in total. The van der Waals surface area contributed by atoms with Crippen LogP contribution < -0.4 is 5.32 Å². The second kappa shape index (κ2) is 8.82. The smallest absolute Gasteiger partial charge is 0.419 e. The van der Waals surface area contributed by atoms with Crippen molar-refractivity contribution in [2.24, 2.45) is 0 Å². The average molecular weight is 352 g/mol. The van der Waals surface area contributed by atoms with Gasteiger partial charge in [-0.15, -0.1) is 0 Å². The largest absolute Gasteiger partial charge is 0.454 e. The highest BCUT2D eigenvalue weighted by Crippen LogP contribution is 2.23. The first-order chi connectivity index (χ1) is 12.8. The summed E-state index contributed by atoms with van der Waals surface area (Å²) in [4.78, 5) is 28.1. The van der Waals surface area contributed by atoms with E-state index in [1.54, 1.807) is 43.0 Å². The van der Waals surface area contributed by atoms with E-state index in [1.165, 1.54) is 0 Å². The maximum Gasteiger partial charge on any atom is 0.419 e. The predicted octanol–water partition coefficient (Wildman–Crippen LogP) is 2.57. The Hall–Kier alpha value is -3.12. The molecule has 2 aromatic heterocycles. The lowest BCUT2D eigenvalue weighted by molar-refractivity contribution is -0.147. The van der Waals surface area contributed by atoms with Gasteiger partial charge in [0.2, 0.25) is 5.95 Å². The number of nitrogens with zero attached hydrogens (tertiary/aromatic N) is 5. The van der Waals surface area contributed by atoms with Gasteiger partial charge in [-0.1, -0.05) is 6.42 Å². The number of carbonyl (C=O) groups excluding carboxylic acids is 1. The molecule has 1 unspecified atom stereocenters. The van der Waals surface area contributed by atoms with Crippen LogP contribution in [-0.2, 0) is 9.53 Å². The van der Waals surface area contributed by atoms with E-state index in [9.17, 15) is 10.3 Å². The summed E-state index contributed by atoms with van der Waals surface area (Å²) in [5.74, 6) is -0.342. The Labute approximate surface area is 151 Å². The molecule has 0 amide bonds. The Kier molecular flexibility index (Phi) is 6.01. The molecular weight excluding hydrogens is 332 g/mol. The highest BCUT2D eigenvalue weighted by Gasteiger charge is 2.36. The van der Waals surface area contributed by atoms with Crippen LogP contribution in [0.5, 0.6) is 0 Å². The molecule has 0 aliphatic heterocycles. The number of ether oxygens (including phenoxy) is 1. The van der Waals surface area contributed by atoms with Gasteiger partial charge in [-0.3, -0.25) is 4.98 Å². The first kappa shape index (κ1) is 17.7. The van der Waals surface area contributed by atoms with Crippen molar-refractivity contribution in [3.63, 3.8) is 0 Å². The van der Waals surface area contributed by atoms with Crippen LogP contribution in [0.4, 0.5) is 5.95 Å². The minimum Gasteiger partial charge on any atom is -0.454 e. The number of rotatable bonds is 6. The van der Waals surface area contributed by atoms with Crippen molar-refractivity contribution in [2.45, 2.75) is 44.2 Å². The van der Waals surface area contributed by atoms with E-state index in [0.29, 0.717) is 11.5 Å². The molecule has 134 valence electrons. The fourth-order valence-corrected chi connectivity index (χ4v) is 2.98. The summed E-state index contributed by atoms with van der Waals surface area (Å²) in [6, 6.07) is 4.37. The van der Waals surface area contributed by atoms with Crippen LogP contribution in [0.1, 0.15) is 43.7 Å². The number of esters is 1. The number of nitrogens with one attached hydrogen (secondary N) is 1. The number of carbonyl (C=O) groups is 1. The number of anilines is 1. The molecule has 1 saturated carbocycles. The summed E-state index contributed by atoms with van der Waals surface area (Å²) >= 11 is 0. The SMILES string of the molecule is [N-]=[N+]=C(C(=O)OC1CCCCC1)C(Nc1ncccn1)c1ccncc1. The van der Waals surface area contributed by atoms with Gasteiger partial charge < -0.3 is 15.6 Å². The maximum atomic E-state index is 12.6. The van der Waals surface area contributed by atoms with Crippen LogP contribution in [0.2, 0.25) is 0 Å². The first-order valence-electron chi connectivity index (χ1n) is 8.64. The Bertz CT molecular complexity index is 771. The highest BCUT2D eigenvalue weighted by atomic mass is 16.5. The second-order valence-electron chi connectivity index (χ2n) is 6.08. The Morgan fingerprint density at radius 1 is 1.15 bits per heavy atom. The van der Waals surface area contributed by atoms with E-state index in [-0.39, 0.29) is 11.8 Å². The van der Waals surface area contributed by atoms with Gasteiger partial charge in [0.25, 0.3) is 0 Å². The molecule has 1 N–H and O–H groups in total. The van der Waals surface area contributed by atoms with E-state index in [2.05, 4.69) is 25.1 Å². The van der Waals surface area contributed by atoms with Crippen molar-refractivity contribution in [1.82, 2.24) is 15.0 Å². The van der Waals surface area contributed by atoms with Gasteiger partial charge in [-0.25, -0.2) is 14.8 Å². The molecule has 0 saturated heterocycles. The molecular formula is C18H20N6O2. The topological polar surface area (TPSA) is 113 Å². The number of aromatic nitrogens is 3. The van der Waals surface area contributed by atoms with Gasteiger partial charge in [0.05, 0.1) is 0 Å². The Morgan fingerprint density at radius 3 is 2.50 bits per heavy atom. The molecule has 26 heavy (non-hydrogen) atoms. The lowest BCUT2D eigenvalue weighted by Gasteiger charge is -2.22. The zero-order valence-electron chi connectivity index (χ0n) is 14.3. The summed E-state index contributed by atoms with van der Waals surface area (Å²) < 4.78 is 5.56. The minimum absolute atomic E-state index is 0.140. The predicted molar refractivity (Wildman–Crippen MR) is 94.2 cm³/mol. The zero-order chi connectivity index (χ0) is 18.2. The van der Waals surface area contributed by atoms with E-state index >= 15 is 0 Å². The number of pyridine rings is 1. The van der Waals surface area contributed by atoms with Crippen LogP contribution in [0.25, 0.3) is 5.53 Å². The molecule has 0 radical (unpaired) electrons. The highest BCUT2D eigenvalue weighted by molar-refractivity contribution is 6.36. The second-order valence-corrected chi connectivity index (χ2v) is 6.08. The molecule has 8 heteroatoms. The van der Waals surface area contributed by atoms with Gasteiger partial charge in [-0.2, -0.15) is 4.79 Å². The number of hydrogen-bond donors (Lipinski definition) is 1. The van der Waals surface area contributed by atoms with E-state index < -0.39 is 12.0 Å². The quantitative estimate of drug-likeness (QED) is 0.370. The third-order valence-electron chi connectivity index (χ3n) is 4.29. The monoisotopic (exact) mass is 352 g/mol. The van der Waals surface area contributed by atoms with Crippen molar-refractivity contribution in [1.29, 1.82) is 0 Å². The maximum absolute atomic E-state index is 12.6. The molecule has 0 bridgehead atoms. The molecule has 1 aliphatic carbocycles. The van der Waals surface area contributed by atoms with Gasteiger partial charge >= 0.3 is 11.7 Å². The van der Waals surface area contributed by atoms with Crippen LogP contribution in [0.3, 0.4) is 0 Å². The minimum atomic E-state index is -0.763. The molecule has 0 aromatic carbocycles. The molecule has 1 atom stereocenters. The summed E-state index contributed by atoms with van der Waals surface area (Å²) in [6.07, 6.45) is 11.1. The summed E-state index contributed by atoms with van der Waals surface area (Å²) in [5, 5.41) is 3.02.